The number of aromatic nitrogens is 1. The topological polar surface area (TPSA) is 79.3 Å². The first-order chi connectivity index (χ1) is 9.38. The molecule has 2 N–H and O–H groups in total. The molecule has 1 heterocycles. The molecule has 2 aromatic rings. The van der Waals surface area contributed by atoms with Crippen molar-refractivity contribution in [2.45, 2.75) is 13.8 Å². The second-order valence-electron chi connectivity index (χ2n) is 4.25. The van der Waals surface area contributed by atoms with Crippen molar-refractivity contribution < 1.29 is 14.7 Å². The van der Waals surface area contributed by atoms with E-state index in [1.807, 2.05) is 13.0 Å². The number of aryl methyl sites for hydroxylation is 2. The molecule has 104 valence electrons. The number of carbonyl (C=O) groups excluding carboxylic acids is 1. The Labute approximate surface area is 127 Å². The number of hydrogen-bond acceptors (Lipinski definition) is 4. The molecule has 1 aromatic carbocycles. The van der Waals surface area contributed by atoms with E-state index >= 15 is 0 Å². The minimum absolute atomic E-state index is 0.0371. The summed E-state index contributed by atoms with van der Waals surface area (Å²) in [4.78, 5) is 23.3. The van der Waals surface area contributed by atoms with E-state index in [1.165, 1.54) is 0 Å². The Bertz CT molecular complexity index is 677. The van der Waals surface area contributed by atoms with Gasteiger partial charge in [-0.1, -0.05) is 15.9 Å². The molecule has 0 fully saturated rings. The molecule has 0 spiro atoms. The van der Waals surface area contributed by atoms with E-state index in [0.29, 0.717) is 11.3 Å². The molecule has 0 atom stereocenters. The van der Waals surface area contributed by atoms with Crippen LogP contribution in [0.25, 0.3) is 0 Å². The van der Waals surface area contributed by atoms with E-state index in [1.54, 1.807) is 19.1 Å². The number of carbonyl (C=O) groups is 2. The third kappa shape index (κ3) is 3.05. The van der Waals surface area contributed by atoms with Crippen LogP contribution in [0.15, 0.2) is 22.7 Å². The number of hydrogen-bond donors (Lipinski definition) is 2. The van der Waals surface area contributed by atoms with E-state index in [4.69, 9.17) is 5.11 Å². The van der Waals surface area contributed by atoms with Crippen molar-refractivity contribution in [3.8, 4) is 0 Å². The Balaban J connectivity index is 2.30. The van der Waals surface area contributed by atoms with Crippen molar-refractivity contribution in [1.29, 1.82) is 0 Å². The maximum atomic E-state index is 12.2. The fraction of sp³-hybridized carbons (Fsp3) is 0.154. The first-order valence-electron chi connectivity index (χ1n) is 5.66. The number of halogens is 1. The molecule has 0 aliphatic carbocycles. The van der Waals surface area contributed by atoms with Crippen LogP contribution in [0.5, 0.6) is 0 Å². The number of anilines is 1. The number of rotatable bonds is 3. The van der Waals surface area contributed by atoms with Crippen LogP contribution >= 0.6 is 27.5 Å². The van der Waals surface area contributed by atoms with Gasteiger partial charge in [-0.15, -0.1) is 0 Å². The van der Waals surface area contributed by atoms with Crippen molar-refractivity contribution in [1.82, 2.24) is 4.37 Å². The molecule has 0 aliphatic heterocycles. The molecule has 5 nitrogen and oxygen atoms in total. The first kappa shape index (κ1) is 14.7. The number of nitrogens with zero attached hydrogens (tertiary/aromatic N) is 1. The molecule has 0 radical (unpaired) electrons. The molecule has 0 saturated heterocycles. The monoisotopic (exact) mass is 354 g/mol. The van der Waals surface area contributed by atoms with Gasteiger partial charge in [-0.05, 0) is 49.1 Å². The molecule has 0 bridgehead atoms. The number of carboxylic acids is 1. The van der Waals surface area contributed by atoms with Crippen molar-refractivity contribution in [2.75, 3.05) is 5.32 Å². The highest BCUT2D eigenvalue weighted by molar-refractivity contribution is 9.10. The van der Waals surface area contributed by atoms with Crippen molar-refractivity contribution >= 4 is 44.3 Å². The van der Waals surface area contributed by atoms with Gasteiger partial charge in [-0.3, -0.25) is 4.79 Å². The number of aromatic carboxylic acids is 1. The highest BCUT2D eigenvalue weighted by Gasteiger charge is 2.19. The van der Waals surface area contributed by atoms with Gasteiger partial charge in [0.2, 0.25) is 0 Å². The van der Waals surface area contributed by atoms with Crippen molar-refractivity contribution in [3.05, 3.63) is 45.1 Å². The van der Waals surface area contributed by atoms with Crippen LogP contribution in [0.1, 0.15) is 32.0 Å². The van der Waals surface area contributed by atoms with Gasteiger partial charge in [0.05, 0.1) is 5.69 Å². The molecule has 2 rings (SSSR count). The standard InChI is InChI=1S/C13H11BrN2O3S/c1-6-3-8(5-9(14)4-6)11(17)15-12-10(13(18)19)7(2)16-20-12/h3-5H,1-2H3,(H,15,17)(H,18,19). The fourth-order valence-electron chi connectivity index (χ4n) is 1.75. The van der Waals surface area contributed by atoms with Crippen molar-refractivity contribution in [3.63, 3.8) is 0 Å². The highest BCUT2D eigenvalue weighted by Crippen LogP contribution is 2.25. The number of benzene rings is 1. The van der Waals surface area contributed by atoms with Crippen LogP contribution in [0, 0.1) is 13.8 Å². The second-order valence-corrected chi connectivity index (χ2v) is 5.94. The Morgan fingerprint density at radius 1 is 1.30 bits per heavy atom. The lowest BCUT2D eigenvalue weighted by Gasteiger charge is -2.05. The number of nitrogens with one attached hydrogen (secondary N) is 1. The zero-order chi connectivity index (χ0) is 14.9. The van der Waals surface area contributed by atoms with E-state index in [9.17, 15) is 9.59 Å². The zero-order valence-electron chi connectivity index (χ0n) is 10.7. The third-order valence-corrected chi connectivity index (χ3v) is 3.92. The minimum atomic E-state index is -1.10. The summed E-state index contributed by atoms with van der Waals surface area (Å²) in [6.07, 6.45) is 0. The Morgan fingerprint density at radius 3 is 2.60 bits per heavy atom. The summed E-state index contributed by atoms with van der Waals surface area (Å²) in [6, 6.07) is 5.29. The van der Waals surface area contributed by atoms with E-state index < -0.39 is 5.97 Å². The summed E-state index contributed by atoms with van der Waals surface area (Å²) in [7, 11) is 0. The van der Waals surface area contributed by atoms with Crippen LogP contribution in [-0.2, 0) is 0 Å². The second kappa shape index (κ2) is 5.72. The predicted molar refractivity (Wildman–Crippen MR) is 80.6 cm³/mol. The summed E-state index contributed by atoms with van der Waals surface area (Å²) >= 11 is 4.29. The molecule has 20 heavy (non-hydrogen) atoms. The third-order valence-electron chi connectivity index (χ3n) is 2.61. The van der Waals surface area contributed by atoms with Crippen LogP contribution in [0.4, 0.5) is 5.00 Å². The molecular weight excluding hydrogens is 344 g/mol. The average Bonchev–Trinajstić information content (AvgIpc) is 2.69. The lowest BCUT2D eigenvalue weighted by atomic mass is 10.1. The number of carboxylic acid groups (broad SMARTS) is 1. The van der Waals surface area contributed by atoms with Gasteiger partial charge in [0, 0.05) is 10.0 Å². The van der Waals surface area contributed by atoms with Gasteiger partial charge in [0.1, 0.15) is 10.6 Å². The molecular formula is C13H11BrN2O3S. The van der Waals surface area contributed by atoms with E-state index in [2.05, 4.69) is 25.6 Å². The number of amides is 1. The largest absolute Gasteiger partial charge is 0.478 e. The van der Waals surface area contributed by atoms with E-state index in [-0.39, 0.29) is 16.5 Å². The average molecular weight is 355 g/mol. The Kier molecular flexibility index (Phi) is 4.20. The smallest absolute Gasteiger partial charge is 0.340 e. The van der Waals surface area contributed by atoms with Gasteiger partial charge in [0.15, 0.2) is 0 Å². The van der Waals surface area contributed by atoms with Crippen molar-refractivity contribution in [2.24, 2.45) is 0 Å². The van der Waals surface area contributed by atoms with Gasteiger partial charge < -0.3 is 10.4 Å². The minimum Gasteiger partial charge on any atom is -0.478 e. The lowest BCUT2D eigenvalue weighted by molar-refractivity contribution is 0.0697. The summed E-state index contributed by atoms with van der Waals surface area (Å²) in [5, 5.41) is 12.0. The van der Waals surface area contributed by atoms with Gasteiger partial charge >= 0.3 is 5.97 Å². The maximum absolute atomic E-state index is 12.2. The van der Waals surface area contributed by atoms with Crippen LogP contribution in [0.2, 0.25) is 0 Å². The molecule has 7 heteroatoms. The molecule has 1 aromatic heterocycles. The Morgan fingerprint density at radius 2 is 2.00 bits per heavy atom. The quantitative estimate of drug-likeness (QED) is 0.884. The summed E-state index contributed by atoms with van der Waals surface area (Å²) in [5.74, 6) is -1.46. The normalized spacial score (nSPS) is 10.3. The van der Waals surface area contributed by atoms with Gasteiger partial charge in [0.25, 0.3) is 5.91 Å². The Hall–Kier alpha value is -1.73. The van der Waals surface area contributed by atoms with Gasteiger partial charge in [-0.2, -0.15) is 4.37 Å². The van der Waals surface area contributed by atoms with Crippen LogP contribution < -0.4 is 5.32 Å². The SMILES string of the molecule is Cc1cc(Br)cc(C(=O)Nc2snc(C)c2C(=O)O)c1. The maximum Gasteiger partial charge on any atom is 0.340 e. The first-order valence-corrected chi connectivity index (χ1v) is 7.23. The highest BCUT2D eigenvalue weighted by atomic mass is 79.9. The molecule has 0 unspecified atom stereocenters. The van der Waals surface area contributed by atoms with E-state index in [0.717, 1.165) is 21.6 Å². The fourth-order valence-corrected chi connectivity index (χ4v) is 3.14. The molecule has 0 aliphatic rings. The van der Waals surface area contributed by atoms with Crippen LogP contribution in [0.3, 0.4) is 0 Å². The lowest BCUT2D eigenvalue weighted by Crippen LogP contribution is -2.13. The van der Waals surface area contributed by atoms with Crippen LogP contribution in [-0.4, -0.2) is 21.4 Å². The summed E-state index contributed by atoms with van der Waals surface area (Å²) in [5.41, 5.74) is 1.82. The molecule has 1 amide bonds. The summed E-state index contributed by atoms with van der Waals surface area (Å²) < 4.78 is 4.75. The molecule has 0 saturated carbocycles. The predicted octanol–water partition coefficient (Wildman–Crippen LogP) is 3.47. The van der Waals surface area contributed by atoms with Gasteiger partial charge in [-0.25, -0.2) is 4.79 Å². The zero-order valence-corrected chi connectivity index (χ0v) is 13.1. The summed E-state index contributed by atoms with van der Waals surface area (Å²) in [6.45, 7) is 3.47.